The second kappa shape index (κ2) is 8.23. The zero-order chi connectivity index (χ0) is 21.2. The summed E-state index contributed by atoms with van der Waals surface area (Å²) in [6, 6.07) is 15.0. The number of sulfonamides is 1. The lowest BCUT2D eigenvalue weighted by molar-refractivity contribution is 0.100. The minimum atomic E-state index is -4.31. The molecule has 3 aromatic carbocycles. The summed E-state index contributed by atoms with van der Waals surface area (Å²) in [5, 5.41) is 0.126. The van der Waals surface area contributed by atoms with Crippen LogP contribution < -0.4 is 9.04 Å². The van der Waals surface area contributed by atoms with Crippen molar-refractivity contribution < 1.29 is 22.3 Å². The summed E-state index contributed by atoms with van der Waals surface area (Å²) in [6.45, 7) is 1.81. The number of rotatable bonds is 5. The third-order valence-electron chi connectivity index (χ3n) is 4.19. The van der Waals surface area contributed by atoms with E-state index < -0.39 is 21.7 Å². The Balaban J connectivity index is 2.19. The lowest BCUT2D eigenvalue weighted by atomic mass is 10.2. The Bertz CT molecular complexity index is 1160. The van der Waals surface area contributed by atoms with Gasteiger partial charge in [-0.3, -0.25) is 4.79 Å². The molecule has 0 aliphatic carbocycles. The van der Waals surface area contributed by atoms with Crippen LogP contribution in [0.5, 0.6) is 5.75 Å². The van der Waals surface area contributed by atoms with Crippen molar-refractivity contribution in [3.05, 3.63) is 88.7 Å². The molecule has 0 saturated heterocycles. The van der Waals surface area contributed by atoms with Crippen LogP contribution in [0.3, 0.4) is 0 Å². The fourth-order valence-electron chi connectivity index (χ4n) is 2.70. The SMILES string of the molecule is COc1ccc(N(C(=O)c2cccc(F)c2)S(=O)(=O)c2ccc(C)cc2)cc1Cl. The molecule has 0 atom stereocenters. The predicted molar refractivity (Wildman–Crippen MR) is 110 cm³/mol. The van der Waals surface area contributed by atoms with Gasteiger partial charge in [0.15, 0.2) is 0 Å². The maximum Gasteiger partial charge on any atom is 0.272 e. The molecular weight excluding hydrogens is 417 g/mol. The quantitative estimate of drug-likeness (QED) is 0.578. The lowest BCUT2D eigenvalue weighted by Gasteiger charge is -2.23. The highest BCUT2D eigenvalue weighted by atomic mass is 35.5. The summed E-state index contributed by atoms with van der Waals surface area (Å²) < 4.78 is 46.1. The Morgan fingerprint density at radius 3 is 2.31 bits per heavy atom. The summed E-state index contributed by atoms with van der Waals surface area (Å²) in [4.78, 5) is 13.1. The molecule has 0 unspecified atom stereocenters. The molecule has 0 saturated carbocycles. The van der Waals surface area contributed by atoms with E-state index >= 15 is 0 Å². The maximum atomic E-state index is 13.7. The lowest BCUT2D eigenvalue weighted by Crippen LogP contribution is -2.37. The molecule has 5 nitrogen and oxygen atoms in total. The van der Waals surface area contributed by atoms with Gasteiger partial charge in [0.25, 0.3) is 15.9 Å². The van der Waals surface area contributed by atoms with Gasteiger partial charge < -0.3 is 4.74 Å². The second-order valence-corrected chi connectivity index (χ2v) is 8.41. The van der Waals surface area contributed by atoms with Crippen LogP contribution in [-0.4, -0.2) is 21.4 Å². The van der Waals surface area contributed by atoms with Crippen molar-refractivity contribution in [2.45, 2.75) is 11.8 Å². The van der Waals surface area contributed by atoms with Crippen LogP contribution in [0, 0.1) is 12.7 Å². The number of methoxy groups -OCH3 is 1. The van der Waals surface area contributed by atoms with Crippen molar-refractivity contribution in [1.82, 2.24) is 0 Å². The molecule has 0 heterocycles. The zero-order valence-corrected chi connectivity index (χ0v) is 17.2. The van der Waals surface area contributed by atoms with Gasteiger partial charge in [-0.1, -0.05) is 35.4 Å². The molecule has 0 aliphatic heterocycles. The number of nitrogens with zero attached hydrogens (tertiary/aromatic N) is 1. The van der Waals surface area contributed by atoms with Crippen molar-refractivity contribution >= 4 is 33.2 Å². The largest absolute Gasteiger partial charge is 0.495 e. The van der Waals surface area contributed by atoms with Gasteiger partial charge in [-0.05, 0) is 55.5 Å². The second-order valence-electron chi connectivity index (χ2n) is 6.22. The Labute approximate surface area is 173 Å². The normalized spacial score (nSPS) is 11.2. The number of hydrogen-bond donors (Lipinski definition) is 0. The topological polar surface area (TPSA) is 63.7 Å². The smallest absolute Gasteiger partial charge is 0.272 e. The van der Waals surface area contributed by atoms with E-state index in [0.717, 1.165) is 11.6 Å². The van der Waals surface area contributed by atoms with Crippen molar-refractivity contribution in [3.8, 4) is 5.75 Å². The van der Waals surface area contributed by atoms with E-state index in [0.29, 0.717) is 10.1 Å². The number of anilines is 1. The summed E-state index contributed by atoms with van der Waals surface area (Å²) in [7, 11) is -2.89. The van der Waals surface area contributed by atoms with Crippen molar-refractivity contribution in [1.29, 1.82) is 0 Å². The maximum absolute atomic E-state index is 13.7. The average Bonchev–Trinajstić information content (AvgIpc) is 2.68. The summed E-state index contributed by atoms with van der Waals surface area (Å²) >= 11 is 6.15. The number of aryl methyl sites for hydroxylation is 1. The Morgan fingerprint density at radius 2 is 1.72 bits per heavy atom. The molecule has 150 valence electrons. The van der Waals surface area contributed by atoms with Crippen LogP contribution in [0.2, 0.25) is 5.02 Å². The molecule has 0 spiro atoms. The van der Waals surface area contributed by atoms with Gasteiger partial charge in [0.2, 0.25) is 0 Å². The first-order chi connectivity index (χ1) is 13.7. The molecule has 1 amide bonds. The summed E-state index contributed by atoms with van der Waals surface area (Å²) in [5.41, 5.74) is 0.748. The highest BCUT2D eigenvalue weighted by Crippen LogP contribution is 2.33. The molecule has 3 rings (SSSR count). The van der Waals surface area contributed by atoms with Crippen molar-refractivity contribution in [3.63, 3.8) is 0 Å². The molecule has 0 radical (unpaired) electrons. The standard InChI is InChI=1S/C21H17ClFNO4S/c1-14-6-9-18(10-7-14)29(26,27)24(17-8-11-20(28-2)19(22)13-17)21(25)15-4-3-5-16(23)12-15/h3-13H,1-2H3. The molecule has 0 N–H and O–H groups in total. The number of hydrogen-bond acceptors (Lipinski definition) is 4. The van der Waals surface area contributed by atoms with Crippen LogP contribution in [0.25, 0.3) is 0 Å². The molecule has 8 heteroatoms. The van der Waals surface area contributed by atoms with Gasteiger partial charge in [0.1, 0.15) is 11.6 Å². The van der Waals surface area contributed by atoms with Gasteiger partial charge in [0.05, 0.1) is 22.7 Å². The predicted octanol–water partition coefficient (Wildman–Crippen LogP) is 4.83. The Kier molecular flexibility index (Phi) is 5.91. The number of carbonyl (C=O) groups excluding carboxylic acids is 1. The Hall–Kier alpha value is -2.90. The first-order valence-electron chi connectivity index (χ1n) is 8.49. The third-order valence-corrected chi connectivity index (χ3v) is 6.21. The van der Waals surface area contributed by atoms with Gasteiger partial charge in [-0.25, -0.2) is 12.8 Å². The summed E-state index contributed by atoms with van der Waals surface area (Å²) in [6.07, 6.45) is 0. The summed E-state index contributed by atoms with van der Waals surface area (Å²) in [5.74, 6) is -1.25. The highest BCUT2D eigenvalue weighted by molar-refractivity contribution is 7.93. The highest BCUT2D eigenvalue weighted by Gasteiger charge is 2.32. The number of halogens is 2. The van der Waals surface area contributed by atoms with E-state index in [-0.39, 0.29) is 21.2 Å². The van der Waals surface area contributed by atoms with Gasteiger partial charge >= 0.3 is 0 Å². The van der Waals surface area contributed by atoms with E-state index in [1.165, 1.54) is 55.6 Å². The number of ether oxygens (including phenoxy) is 1. The number of amides is 1. The number of benzene rings is 3. The molecule has 0 aromatic heterocycles. The van der Waals surface area contributed by atoms with E-state index in [4.69, 9.17) is 16.3 Å². The first-order valence-corrected chi connectivity index (χ1v) is 10.3. The van der Waals surface area contributed by atoms with Crippen molar-refractivity contribution in [2.24, 2.45) is 0 Å². The van der Waals surface area contributed by atoms with Gasteiger partial charge in [0, 0.05) is 5.56 Å². The fraction of sp³-hybridized carbons (Fsp3) is 0.0952. The molecule has 3 aromatic rings. The molecule has 29 heavy (non-hydrogen) atoms. The van der Waals surface area contributed by atoms with E-state index in [1.807, 2.05) is 6.92 Å². The zero-order valence-electron chi connectivity index (χ0n) is 15.6. The van der Waals surface area contributed by atoms with E-state index in [2.05, 4.69) is 0 Å². The van der Waals surface area contributed by atoms with Crippen LogP contribution in [-0.2, 0) is 10.0 Å². The molecule has 0 fully saturated rings. The van der Waals surface area contributed by atoms with Crippen LogP contribution >= 0.6 is 11.6 Å². The van der Waals surface area contributed by atoms with E-state index in [1.54, 1.807) is 12.1 Å². The number of carbonyl (C=O) groups is 1. The molecule has 0 bridgehead atoms. The monoisotopic (exact) mass is 433 g/mol. The minimum absolute atomic E-state index is 0.00522. The Morgan fingerprint density at radius 1 is 1.03 bits per heavy atom. The van der Waals surface area contributed by atoms with Crippen LogP contribution in [0.4, 0.5) is 10.1 Å². The fourth-order valence-corrected chi connectivity index (χ4v) is 4.36. The van der Waals surface area contributed by atoms with E-state index in [9.17, 15) is 17.6 Å². The first kappa shape index (κ1) is 20.8. The third kappa shape index (κ3) is 4.26. The molecular formula is C21H17ClFNO4S. The average molecular weight is 434 g/mol. The van der Waals surface area contributed by atoms with Gasteiger partial charge in [-0.15, -0.1) is 0 Å². The minimum Gasteiger partial charge on any atom is -0.495 e. The van der Waals surface area contributed by atoms with Crippen LogP contribution in [0.15, 0.2) is 71.6 Å². The van der Waals surface area contributed by atoms with Crippen molar-refractivity contribution in [2.75, 3.05) is 11.4 Å². The molecule has 0 aliphatic rings. The van der Waals surface area contributed by atoms with Crippen LogP contribution in [0.1, 0.15) is 15.9 Å². The van der Waals surface area contributed by atoms with Gasteiger partial charge in [-0.2, -0.15) is 4.31 Å².